The van der Waals surface area contributed by atoms with Gasteiger partial charge in [0, 0.05) is 27.1 Å². The number of anilines is 1. The maximum atomic E-state index is 13.3. The third kappa shape index (κ3) is 5.03. The first-order chi connectivity index (χ1) is 17.4. The van der Waals surface area contributed by atoms with Crippen molar-refractivity contribution in [3.8, 4) is 16.8 Å². The number of carboxylic acid groups (broad SMARTS) is 1. The number of benzene rings is 2. The molecule has 11 heteroatoms. The highest BCUT2D eigenvalue weighted by atomic mass is 35.5. The molecule has 2 aromatic heterocycles. The summed E-state index contributed by atoms with van der Waals surface area (Å²) in [5.74, 6) is -1.51. The van der Waals surface area contributed by atoms with Crippen LogP contribution in [0, 0.1) is 5.92 Å². The predicted octanol–water partition coefficient (Wildman–Crippen LogP) is 3.73. The average Bonchev–Trinajstić information content (AvgIpc) is 3.52. The summed E-state index contributed by atoms with van der Waals surface area (Å²) in [4.78, 5) is 24.4. The molecule has 5 rings (SSSR count). The Morgan fingerprint density at radius 3 is 2.56 bits per heavy atom. The minimum Gasteiger partial charge on any atom is -0.478 e. The normalized spacial score (nSPS) is 13.8. The Bertz CT molecular complexity index is 1420. The van der Waals surface area contributed by atoms with E-state index in [1.54, 1.807) is 36.4 Å². The first-order valence-electron chi connectivity index (χ1n) is 11.3. The molecule has 2 heterocycles. The molecule has 182 valence electrons. The Kier molecular flexibility index (Phi) is 6.34. The fraction of sp³-hybridized carbons (Fsp3) is 0.200. The molecule has 0 spiro atoms. The number of aromatic nitrogens is 5. The lowest BCUT2D eigenvalue weighted by Gasteiger charge is -2.15. The summed E-state index contributed by atoms with van der Waals surface area (Å²) < 4.78 is 2.47. The highest BCUT2D eigenvalue weighted by Gasteiger charge is 2.36. The third-order valence-electron chi connectivity index (χ3n) is 6.16. The van der Waals surface area contributed by atoms with Crippen LogP contribution in [0.5, 0.6) is 0 Å². The largest absolute Gasteiger partial charge is 0.478 e. The van der Waals surface area contributed by atoms with E-state index in [2.05, 4.69) is 20.8 Å². The molecule has 10 nitrogen and oxygen atoms in total. The zero-order chi connectivity index (χ0) is 25.2. The Hall–Kier alpha value is -4.31. The molecular weight excluding hydrogens is 484 g/mol. The van der Waals surface area contributed by atoms with Crippen molar-refractivity contribution >= 4 is 29.2 Å². The van der Waals surface area contributed by atoms with Crippen LogP contribution >= 0.6 is 11.6 Å². The number of pyridine rings is 1. The van der Waals surface area contributed by atoms with E-state index in [9.17, 15) is 14.8 Å². The molecule has 0 aliphatic heterocycles. The standard InChI is InChI=1S/C25H21ClN6O4/c26-18-6-10-22(31-14-27-29-30-31)20(12-18)17-5-9-23(32(36)13-17)21(11-15-1-2-15)24(33)28-19-7-3-16(4-8-19)25(34)35/h3-10,12-15,21H,1-2,11H2,(H2-,28,33,34,35,36)/p+1/t21-/m1/s1. The summed E-state index contributed by atoms with van der Waals surface area (Å²) in [5, 5.41) is 34.7. The van der Waals surface area contributed by atoms with E-state index in [1.807, 2.05) is 6.07 Å². The molecule has 0 radical (unpaired) electrons. The van der Waals surface area contributed by atoms with Gasteiger partial charge in [-0.25, -0.2) is 4.79 Å². The second-order valence-electron chi connectivity index (χ2n) is 8.71. The number of aromatic carboxylic acids is 1. The third-order valence-corrected chi connectivity index (χ3v) is 6.40. The molecule has 3 N–H and O–H groups in total. The Morgan fingerprint density at radius 2 is 1.92 bits per heavy atom. The highest BCUT2D eigenvalue weighted by Crippen LogP contribution is 2.39. The monoisotopic (exact) mass is 505 g/mol. The number of amides is 1. The van der Waals surface area contributed by atoms with Crippen LogP contribution in [-0.4, -0.2) is 42.4 Å². The first-order valence-corrected chi connectivity index (χ1v) is 11.7. The van der Waals surface area contributed by atoms with Crippen molar-refractivity contribution in [2.45, 2.75) is 25.2 Å². The van der Waals surface area contributed by atoms with E-state index < -0.39 is 11.9 Å². The molecule has 4 aromatic rings. The van der Waals surface area contributed by atoms with E-state index in [4.69, 9.17) is 16.7 Å². The number of rotatable bonds is 8. The van der Waals surface area contributed by atoms with E-state index in [1.165, 1.54) is 29.3 Å². The zero-order valence-electron chi connectivity index (χ0n) is 19.0. The molecule has 1 amide bonds. The Balaban J connectivity index is 1.45. The fourth-order valence-corrected chi connectivity index (χ4v) is 4.29. The molecule has 0 saturated heterocycles. The summed E-state index contributed by atoms with van der Waals surface area (Å²) >= 11 is 6.24. The lowest BCUT2D eigenvalue weighted by molar-refractivity contribution is -0.909. The number of hydrogen-bond acceptors (Lipinski definition) is 6. The predicted molar refractivity (Wildman–Crippen MR) is 129 cm³/mol. The van der Waals surface area contributed by atoms with Crippen molar-refractivity contribution in [3.05, 3.63) is 83.4 Å². The van der Waals surface area contributed by atoms with Crippen LogP contribution in [0.1, 0.15) is 41.2 Å². The summed E-state index contributed by atoms with van der Waals surface area (Å²) in [6.07, 6.45) is 5.67. The molecule has 1 aliphatic rings. The molecule has 1 fully saturated rings. The van der Waals surface area contributed by atoms with Crippen molar-refractivity contribution in [1.82, 2.24) is 20.2 Å². The summed E-state index contributed by atoms with van der Waals surface area (Å²) in [7, 11) is 0. The van der Waals surface area contributed by atoms with E-state index in [0.29, 0.717) is 45.6 Å². The fourth-order valence-electron chi connectivity index (χ4n) is 4.12. The van der Waals surface area contributed by atoms with Crippen molar-refractivity contribution in [3.63, 3.8) is 0 Å². The van der Waals surface area contributed by atoms with Crippen LogP contribution in [0.2, 0.25) is 5.02 Å². The molecule has 2 aromatic carbocycles. The van der Waals surface area contributed by atoms with Crippen LogP contribution < -0.4 is 10.0 Å². The smallest absolute Gasteiger partial charge is 0.335 e. The van der Waals surface area contributed by atoms with Gasteiger partial charge in [0.2, 0.25) is 17.8 Å². The minimum atomic E-state index is -1.04. The second-order valence-corrected chi connectivity index (χ2v) is 9.14. The lowest BCUT2D eigenvalue weighted by Crippen LogP contribution is -2.39. The van der Waals surface area contributed by atoms with Crippen LogP contribution in [0.25, 0.3) is 16.8 Å². The van der Waals surface area contributed by atoms with Gasteiger partial charge in [0.1, 0.15) is 12.2 Å². The quantitative estimate of drug-likeness (QED) is 0.245. The van der Waals surface area contributed by atoms with Crippen LogP contribution in [-0.2, 0) is 4.79 Å². The molecule has 1 aliphatic carbocycles. The number of carbonyl (C=O) groups is 2. The van der Waals surface area contributed by atoms with Crippen molar-refractivity contribution < 1.29 is 24.6 Å². The summed E-state index contributed by atoms with van der Waals surface area (Å²) in [6, 6.07) is 14.8. The van der Waals surface area contributed by atoms with Gasteiger partial charge < -0.3 is 10.4 Å². The van der Waals surface area contributed by atoms with Crippen LogP contribution in [0.3, 0.4) is 0 Å². The van der Waals surface area contributed by atoms with Gasteiger partial charge in [-0.1, -0.05) is 24.4 Å². The molecule has 36 heavy (non-hydrogen) atoms. The number of hydrogen-bond donors (Lipinski definition) is 3. The summed E-state index contributed by atoms with van der Waals surface area (Å²) in [6.45, 7) is 0. The maximum absolute atomic E-state index is 13.3. The van der Waals surface area contributed by atoms with Crippen molar-refractivity contribution in [2.75, 3.05) is 5.32 Å². The number of halogens is 1. The van der Waals surface area contributed by atoms with Gasteiger partial charge in [-0.3, -0.25) is 10.0 Å². The van der Waals surface area contributed by atoms with Crippen molar-refractivity contribution in [2.24, 2.45) is 5.92 Å². The zero-order valence-corrected chi connectivity index (χ0v) is 19.7. The van der Waals surface area contributed by atoms with Gasteiger partial charge in [-0.15, -0.1) is 5.10 Å². The molecular formula is C25H22ClN6O4+. The average molecular weight is 506 g/mol. The van der Waals surface area contributed by atoms with Gasteiger partial charge in [0.25, 0.3) is 0 Å². The van der Waals surface area contributed by atoms with Gasteiger partial charge in [0.05, 0.1) is 16.8 Å². The summed E-state index contributed by atoms with van der Waals surface area (Å²) in [5.41, 5.74) is 3.09. The van der Waals surface area contributed by atoms with Gasteiger partial charge in [-0.2, -0.15) is 4.68 Å². The van der Waals surface area contributed by atoms with Gasteiger partial charge in [0.15, 0.2) is 0 Å². The second kappa shape index (κ2) is 9.74. The van der Waals surface area contributed by atoms with Crippen molar-refractivity contribution in [1.29, 1.82) is 0 Å². The van der Waals surface area contributed by atoms with Crippen LogP contribution in [0.4, 0.5) is 5.69 Å². The topological polar surface area (TPSA) is 134 Å². The van der Waals surface area contributed by atoms with E-state index in [0.717, 1.165) is 17.6 Å². The van der Waals surface area contributed by atoms with E-state index in [-0.39, 0.29) is 11.5 Å². The lowest BCUT2D eigenvalue weighted by atomic mass is 9.95. The number of nitrogens with one attached hydrogen (secondary N) is 1. The Morgan fingerprint density at radius 1 is 1.14 bits per heavy atom. The minimum absolute atomic E-state index is 0.133. The molecule has 0 bridgehead atoms. The first kappa shape index (κ1) is 23.4. The van der Waals surface area contributed by atoms with Gasteiger partial charge in [-0.05, 0) is 71.3 Å². The Labute approximate surface area is 210 Å². The van der Waals surface area contributed by atoms with Gasteiger partial charge >= 0.3 is 5.97 Å². The number of tetrazole rings is 1. The SMILES string of the molecule is O=C(O)c1ccc(NC(=O)[C@H](CC2CC2)c2ccc(-c3cc(Cl)ccc3-n3cnnn3)c[n+]2O)cc1. The number of carboxylic acids is 1. The molecule has 1 saturated carbocycles. The molecule has 1 atom stereocenters. The number of carbonyl (C=O) groups excluding carboxylic acids is 1. The maximum Gasteiger partial charge on any atom is 0.335 e. The molecule has 0 unspecified atom stereocenters. The van der Waals surface area contributed by atoms with E-state index >= 15 is 0 Å². The van der Waals surface area contributed by atoms with Crippen LogP contribution in [0.15, 0.2) is 67.1 Å². The highest BCUT2D eigenvalue weighted by molar-refractivity contribution is 6.31. The number of nitrogens with zero attached hydrogens (tertiary/aromatic N) is 5.